The molecule has 8 aromatic rings. The van der Waals surface area contributed by atoms with Crippen molar-refractivity contribution in [1.82, 2.24) is 4.90 Å². The van der Waals surface area contributed by atoms with Crippen LogP contribution >= 0.6 is 0 Å². The van der Waals surface area contributed by atoms with Gasteiger partial charge in [0.25, 0.3) is 10.0 Å². The predicted molar refractivity (Wildman–Crippen MR) is 262 cm³/mol. The van der Waals surface area contributed by atoms with E-state index in [0.717, 1.165) is 51.3 Å². The Labute approximate surface area is 388 Å². The second-order valence-corrected chi connectivity index (χ2v) is 17.9. The Bertz CT molecular complexity index is 2710. The Balaban J connectivity index is 1.04. The lowest BCUT2D eigenvalue weighted by molar-refractivity contribution is 0.107. The number of aliphatic hydroxyl groups is 1. The van der Waals surface area contributed by atoms with E-state index in [2.05, 4.69) is 70.3 Å². The fourth-order valence-electron chi connectivity index (χ4n) is 7.84. The number of sulfonamides is 1. The van der Waals surface area contributed by atoms with Crippen LogP contribution in [-0.2, 0) is 36.4 Å². The number of nitrogens with one attached hydrogen (secondary N) is 1. The third-order valence-corrected chi connectivity index (χ3v) is 12.8. The number of hydrogen-bond donors (Lipinski definition) is 2. The number of hydrogen-bond acceptors (Lipinski definition) is 7. The first-order valence-corrected chi connectivity index (χ1v) is 23.7. The van der Waals surface area contributed by atoms with Gasteiger partial charge in [-0.15, -0.1) is 0 Å². The Morgan fingerprint density at radius 3 is 1.39 bits per heavy atom. The molecule has 0 spiro atoms. The molecular formula is C57H54N2O6S. The van der Waals surface area contributed by atoms with Crippen LogP contribution in [-0.4, -0.2) is 31.5 Å². The van der Waals surface area contributed by atoms with Crippen molar-refractivity contribution < 1.29 is 27.7 Å². The summed E-state index contributed by atoms with van der Waals surface area (Å²) in [6, 6.07) is 70.3. The zero-order valence-electron chi connectivity index (χ0n) is 36.7. The van der Waals surface area contributed by atoms with Crippen LogP contribution in [0, 0.1) is 0 Å². The van der Waals surface area contributed by atoms with Gasteiger partial charge in [-0.3, -0.25) is 9.62 Å². The second kappa shape index (κ2) is 22.6. The number of aliphatic hydroxyl groups excluding tert-OH is 1. The number of benzene rings is 8. The summed E-state index contributed by atoms with van der Waals surface area (Å²) in [6.07, 6.45) is -0.222. The van der Waals surface area contributed by atoms with Gasteiger partial charge in [-0.2, -0.15) is 0 Å². The van der Waals surface area contributed by atoms with Crippen LogP contribution in [0.4, 0.5) is 5.69 Å². The second-order valence-electron chi connectivity index (χ2n) is 16.2. The highest BCUT2D eigenvalue weighted by Gasteiger charge is 2.23. The fraction of sp³-hybridized carbons (Fsp3) is 0.158. The maximum Gasteiger partial charge on any atom is 0.262 e. The first kappa shape index (κ1) is 45.4. The molecule has 0 amide bonds. The lowest BCUT2D eigenvalue weighted by atomic mass is 9.88. The van der Waals surface area contributed by atoms with Crippen LogP contribution in [0.2, 0.25) is 0 Å². The lowest BCUT2D eigenvalue weighted by Gasteiger charge is -2.28. The van der Waals surface area contributed by atoms with Crippen molar-refractivity contribution in [3.8, 4) is 17.2 Å². The Kier molecular flexibility index (Phi) is 15.6. The van der Waals surface area contributed by atoms with Gasteiger partial charge >= 0.3 is 0 Å². The molecule has 8 nitrogen and oxygen atoms in total. The molecule has 0 aliphatic heterocycles. The number of ether oxygens (including phenoxy) is 3. The van der Waals surface area contributed by atoms with Crippen LogP contribution < -0.4 is 18.9 Å². The Hall–Kier alpha value is -7.17. The van der Waals surface area contributed by atoms with Crippen molar-refractivity contribution in [3.05, 3.63) is 257 Å². The number of nitrogens with zero attached hydrogens (tertiary/aromatic N) is 1. The third-order valence-electron chi connectivity index (χ3n) is 11.4. The van der Waals surface area contributed by atoms with Gasteiger partial charge in [0.05, 0.1) is 16.7 Å². The molecule has 1 atom stereocenters. The molecule has 8 rings (SSSR count). The maximum atomic E-state index is 13.6. The van der Waals surface area contributed by atoms with Crippen molar-refractivity contribution in [2.24, 2.45) is 0 Å². The van der Waals surface area contributed by atoms with Crippen molar-refractivity contribution >= 4 is 15.7 Å². The summed E-state index contributed by atoms with van der Waals surface area (Å²) in [7, 11) is -3.97. The number of rotatable bonds is 22. The molecular weight excluding hydrogens is 841 g/mol. The van der Waals surface area contributed by atoms with Gasteiger partial charge in [0, 0.05) is 19.0 Å². The summed E-state index contributed by atoms with van der Waals surface area (Å²) in [5.41, 5.74) is 7.34. The maximum absolute atomic E-state index is 13.6. The molecule has 0 unspecified atom stereocenters. The molecule has 334 valence electrons. The molecule has 0 aliphatic carbocycles. The van der Waals surface area contributed by atoms with E-state index in [1.807, 2.05) is 109 Å². The van der Waals surface area contributed by atoms with E-state index < -0.39 is 16.1 Å². The van der Waals surface area contributed by atoms with Crippen molar-refractivity contribution in [1.29, 1.82) is 0 Å². The Morgan fingerprint density at radius 1 is 0.485 bits per heavy atom. The lowest BCUT2D eigenvalue weighted by Crippen LogP contribution is -2.30. The quantitative estimate of drug-likeness (QED) is 0.0699. The van der Waals surface area contributed by atoms with Crippen molar-refractivity contribution in [3.63, 3.8) is 0 Å². The molecule has 9 heteroatoms. The van der Waals surface area contributed by atoms with E-state index in [0.29, 0.717) is 37.6 Å². The molecule has 2 N–H and O–H groups in total. The smallest absolute Gasteiger partial charge is 0.262 e. The summed E-state index contributed by atoms with van der Waals surface area (Å²) >= 11 is 0. The van der Waals surface area contributed by atoms with Crippen LogP contribution in [0.5, 0.6) is 17.2 Å². The molecule has 0 heterocycles. The molecule has 0 aliphatic rings. The molecule has 0 bridgehead atoms. The summed E-state index contributed by atoms with van der Waals surface area (Å²) in [5, 5.41) is 12.0. The SMILES string of the molecule is O=S(=O)(Nc1cc([C@@H](O)CN(CCC(c2ccc(OCc3ccccc3)cc2)c2ccc(OCc3ccccc3)cc2)Cc2ccccc2)ccc1OCc1ccccc1)c1ccccc1. The van der Waals surface area contributed by atoms with Gasteiger partial charge < -0.3 is 19.3 Å². The monoisotopic (exact) mass is 894 g/mol. The van der Waals surface area contributed by atoms with Gasteiger partial charge in [-0.1, -0.05) is 170 Å². The van der Waals surface area contributed by atoms with Crippen LogP contribution in [0.1, 0.15) is 57.4 Å². The van der Waals surface area contributed by atoms with E-state index in [-0.39, 0.29) is 29.7 Å². The largest absolute Gasteiger partial charge is 0.489 e. The normalized spacial score (nSPS) is 11.9. The van der Waals surface area contributed by atoms with Crippen LogP contribution in [0.25, 0.3) is 0 Å². The average molecular weight is 895 g/mol. The molecule has 8 aromatic carbocycles. The highest BCUT2D eigenvalue weighted by molar-refractivity contribution is 7.92. The summed E-state index contributed by atoms with van der Waals surface area (Å²) < 4.78 is 48.6. The standard InChI is InChI=1S/C57H54N2O6S/c60-56(50-30-35-57(65-43-47-22-12-4-13-23-47)55(38-50)58-66(61,62)53-24-14-5-15-25-53)40-59(39-44-16-6-1-7-17-44)37-36-54(48-26-31-51(32-27-48)63-41-45-18-8-2-9-19-45)49-28-33-52(34-29-49)64-42-46-20-10-3-11-21-46/h1-35,38,54,56,58,60H,36-37,39-43H2/t56-/m0/s1. The average Bonchev–Trinajstić information content (AvgIpc) is 3.37. The van der Waals surface area contributed by atoms with E-state index in [1.165, 1.54) is 0 Å². The number of anilines is 1. The van der Waals surface area contributed by atoms with Crippen LogP contribution in [0.15, 0.2) is 223 Å². The van der Waals surface area contributed by atoms with Crippen molar-refractivity contribution in [2.75, 3.05) is 17.8 Å². The minimum atomic E-state index is -3.97. The predicted octanol–water partition coefficient (Wildman–Crippen LogP) is 12.0. The van der Waals surface area contributed by atoms with E-state index in [4.69, 9.17) is 14.2 Å². The highest BCUT2D eigenvalue weighted by atomic mass is 32.2. The minimum Gasteiger partial charge on any atom is -0.489 e. The fourth-order valence-corrected chi connectivity index (χ4v) is 8.92. The molecule has 66 heavy (non-hydrogen) atoms. The van der Waals surface area contributed by atoms with E-state index in [1.54, 1.807) is 48.5 Å². The van der Waals surface area contributed by atoms with E-state index >= 15 is 0 Å². The molecule has 0 saturated heterocycles. The van der Waals surface area contributed by atoms with E-state index in [9.17, 15) is 13.5 Å². The summed E-state index contributed by atoms with van der Waals surface area (Å²) in [6.45, 7) is 2.72. The molecule has 0 aromatic heterocycles. The molecule has 0 radical (unpaired) electrons. The minimum absolute atomic E-state index is 0.00630. The molecule has 0 saturated carbocycles. The van der Waals surface area contributed by atoms with Gasteiger partial charge in [0.2, 0.25) is 0 Å². The summed E-state index contributed by atoms with van der Waals surface area (Å²) in [4.78, 5) is 2.38. The first-order chi connectivity index (χ1) is 32.3. The molecule has 0 fully saturated rings. The first-order valence-electron chi connectivity index (χ1n) is 22.2. The van der Waals surface area contributed by atoms with Gasteiger partial charge in [0.1, 0.15) is 37.1 Å². The zero-order valence-corrected chi connectivity index (χ0v) is 37.5. The van der Waals surface area contributed by atoms with Crippen molar-refractivity contribution in [2.45, 2.75) is 49.7 Å². The topological polar surface area (TPSA) is 97.3 Å². The Morgan fingerprint density at radius 2 is 0.909 bits per heavy atom. The summed E-state index contributed by atoms with van der Waals surface area (Å²) in [5.74, 6) is 1.95. The zero-order chi connectivity index (χ0) is 45.4. The highest BCUT2D eigenvalue weighted by Crippen LogP contribution is 2.34. The van der Waals surface area contributed by atoms with Gasteiger partial charge in [-0.25, -0.2) is 8.42 Å². The van der Waals surface area contributed by atoms with Gasteiger partial charge in [0.15, 0.2) is 0 Å². The van der Waals surface area contributed by atoms with Gasteiger partial charge in [-0.05, 0) is 100 Å². The van der Waals surface area contributed by atoms with Crippen LogP contribution in [0.3, 0.4) is 0 Å². The third kappa shape index (κ3) is 13.0.